The van der Waals surface area contributed by atoms with Gasteiger partial charge in [-0.25, -0.2) is 9.79 Å². The van der Waals surface area contributed by atoms with Crippen molar-refractivity contribution in [3.05, 3.63) is 114 Å². The summed E-state index contributed by atoms with van der Waals surface area (Å²) in [5, 5.41) is 0.641. The Kier molecular flexibility index (Phi) is 8.21. The second-order valence-corrected chi connectivity index (χ2v) is 11.2. The molecule has 206 valence electrons. The SMILES string of the molecule is COCCOC(=O)C1=C(C)N=c2sc(=Cc3ccc(-c4ccc(Cl)cc4)o3)c(=O)n2C1c1ccc(C(C)C)cc1. The lowest BCUT2D eigenvalue weighted by Crippen LogP contribution is -2.40. The van der Waals surface area contributed by atoms with Crippen molar-refractivity contribution in [3.63, 3.8) is 0 Å². The van der Waals surface area contributed by atoms with Crippen LogP contribution < -0.4 is 14.9 Å². The minimum atomic E-state index is -0.684. The number of allylic oxidation sites excluding steroid dienone is 1. The average Bonchev–Trinajstić information content (AvgIpc) is 3.52. The Morgan fingerprint density at radius 2 is 1.82 bits per heavy atom. The number of thiazole rings is 1. The molecule has 5 rings (SSSR count). The summed E-state index contributed by atoms with van der Waals surface area (Å²) in [7, 11) is 1.54. The molecule has 7 nitrogen and oxygen atoms in total. The molecular weight excluding hydrogens is 548 g/mol. The van der Waals surface area contributed by atoms with Crippen molar-refractivity contribution in [2.45, 2.75) is 32.7 Å². The first-order valence-corrected chi connectivity index (χ1v) is 14.1. The molecule has 1 aliphatic rings. The van der Waals surface area contributed by atoms with E-state index in [9.17, 15) is 9.59 Å². The molecule has 0 saturated carbocycles. The zero-order chi connectivity index (χ0) is 28.4. The molecule has 0 radical (unpaired) electrons. The third-order valence-electron chi connectivity index (χ3n) is 6.71. The first-order chi connectivity index (χ1) is 19.3. The third-order valence-corrected chi connectivity index (χ3v) is 7.94. The fourth-order valence-electron chi connectivity index (χ4n) is 4.59. The minimum absolute atomic E-state index is 0.101. The summed E-state index contributed by atoms with van der Waals surface area (Å²) in [6, 6.07) is 18.3. The predicted molar refractivity (Wildman–Crippen MR) is 156 cm³/mol. The quantitative estimate of drug-likeness (QED) is 0.205. The smallest absolute Gasteiger partial charge is 0.338 e. The fourth-order valence-corrected chi connectivity index (χ4v) is 5.74. The Hall–Kier alpha value is -3.72. The number of hydrogen-bond donors (Lipinski definition) is 0. The van der Waals surface area contributed by atoms with Crippen molar-refractivity contribution in [3.8, 4) is 11.3 Å². The summed E-state index contributed by atoms with van der Waals surface area (Å²) in [6.07, 6.45) is 1.71. The molecule has 9 heteroatoms. The van der Waals surface area contributed by atoms with E-state index in [2.05, 4.69) is 18.8 Å². The summed E-state index contributed by atoms with van der Waals surface area (Å²) in [6.45, 7) is 6.38. The number of nitrogens with zero attached hydrogens (tertiary/aromatic N) is 2. The van der Waals surface area contributed by atoms with Gasteiger partial charge in [0.15, 0.2) is 4.80 Å². The summed E-state index contributed by atoms with van der Waals surface area (Å²) in [5.74, 6) is 1.01. The molecule has 0 fully saturated rings. The molecule has 0 bridgehead atoms. The molecule has 0 N–H and O–H groups in total. The molecule has 40 heavy (non-hydrogen) atoms. The molecule has 4 aromatic rings. The van der Waals surface area contributed by atoms with Crippen LogP contribution in [0, 0.1) is 0 Å². The third kappa shape index (κ3) is 5.61. The van der Waals surface area contributed by atoms with Gasteiger partial charge in [-0.15, -0.1) is 0 Å². The van der Waals surface area contributed by atoms with E-state index in [-0.39, 0.29) is 18.8 Å². The Morgan fingerprint density at radius 3 is 2.50 bits per heavy atom. The van der Waals surface area contributed by atoms with Crippen molar-refractivity contribution in [2.75, 3.05) is 20.3 Å². The topological polar surface area (TPSA) is 83.0 Å². The van der Waals surface area contributed by atoms with E-state index < -0.39 is 12.0 Å². The maximum atomic E-state index is 13.9. The summed E-state index contributed by atoms with van der Waals surface area (Å²) >= 11 is 7.26. The van der Waals surface area contributed by atoms with Gasteiger partial charge in [-0.3, -0.25) is 9.36 Å². The van der Waals surface area contributed by atoms with Crippen LogP contribution in [-0.4, -0.2) is 30.9 Å². The fraction of sp³-hybridized carbons (Fsp3) is 0.258. The number of furan rings is 1. The van der Waals surface area contributed by atoms with Crippen LogP contribution >= 0.6 is 22.9 Å². The van der Waals surface area contributed by atoms with Gasteiger partial charge in [-0.2, -0.15) is 0 Å². The normalized spacial score (nSPS) is 15.3. The molecule has 3 heterocycles. The molecule has 0 aliphatic carbocycles. The van der Waals surface area contributed by atoms with Crippen LogP contribution in [0.3, 0.4) is 0 Å². The maximum absolute atomic E-state index is 13.9. The molecule has 1 unspecified atom stereocenters. The Balaban J connectivity index is 1.59. The predicted octanol–water partition coefficient (Wildman–Crippen LogP) is 5.46. The van der Waals surface area contributed by atoms with E-state index in [0.717, 1.165) is 16.7 Å². The number of benzene rings is 2. The number of halogens is 1. The van der Waals surface area contributed by atoms with E-state index >= 15 is 0 Å². The number of carbonyl (C=O) groups excluding carboxylic acids is 1. The summed E-state index contributed by atoms with van der Waals surface area (Å²) in [4.78, 5) is 32.3. The number of rotatable bonds is 8. The van der Waals surface area contributed by atoms with Gasteiger partial charge in [0.05, 0.1) is 28.5 Å². The highest BCUT2D eigenvalue weighted by Gasteiger charge is 2.33. The van der Waals surface area contributed by atoms with Crippen molar-refractivity contribution in [1.29, 1.82) is 0 Å². The van der Waals surface area contributed by atoms with Crippen molar-refractivity contribution in [2.24, 2.45) is 4.99 Å². The van der Waals surface area contributed by atoms with E-state index in [1.807, 2.05) is 48.5 Å². The molecular formula is C31H29ClN2O5S. The second-order valence-electron chi connectivity index (χ2n) is 9.74. The van der Waals surface area contributed by atoms with Crippen LogP contribution in [0.2, 0.25) is 5.02 Å². The van der Waals surface area contributed by atoms with E-state index in [1.54, 1.807) is 36.8 Å². The van der Waals surface area contributed by atoms with Gasteiger partial charge in [0.2, 0.25) is 0 Å². The van der Waals surface area contributed by atoms with Crippen LogP contribution in [0.25, 0.3) is 17.4 Å². The zero-order valence-corrected chi connectivity index (χ0v) is 24.2. The number of ether oxygens (including phenoxy) is 2. The van der Waals surface area contributed by atoms with E-state index in [4.69, 9.17) is 25.5 Å². The Morgan fingerprint density at radius 1 is 1.10 bits per heavy atom. The van der Waals surface area contributed by atoms with Crippen molar-refractivity contribution < 1.29 is 18.7 Å². The molecule has 0 amide bonds. The maximum Gasteiger partial charge on any atom is 0.338 e. The minimum Gasteiger partial charge on any atom is -0.460 e. The van der Waals surface area contributed by atoms with Gasteiger partial charge in [-0.05, 0) is 60.4 Å². The first-order valence-electron chi connectivity index (χ1n) is 12.9. The molecule has 2 aromatic heterocycles. The van der Waals surface area contributed by atoms with Crippen molar-refractivity contribution >= 4 is 35.0 Å². The molecule has 2 aromatic carbocycles. The van der Waals surface area contributed by atoms with Gasteiger partial charge in [-0.1, -0.05) is 61.1 Å². The van der Waals surface area contributed by atoms with Gasteiger partial charge in [0, 0.05) is 23.8 Å². The Labute approximate surface area is 240 Å². The van der Waals surface area contributed by atoms with Crippen molar-refractivity contribution in [1.82, 2.24) is 4.57 Å². The average molecular weight is 577 g/mol. The van der Waals surface area contributed by atoms with Gasteiger partial charge in [0.1, 0.15) is 18.1 Å². The lowest BCUT2D eigenvalue weighted by Gasteiger charge is -2.25. The number of methoxy groups -OCH3 is 1. The number of fused-ring (bicyclic) bond motifs is 1. The molecule has 1 aliphatic heterocycles. The Bertz CT molecular complexity index is 1740. The first kappa shape index (κ1) is 27.8. The largest absolute Gasteiger partial charge is 0.460 e. The van der Waals surface area contributed by atoms with E-state index in [0.29, 0.717) is 43.1 Å². The van der Waals surface area contributed by atoms with Gasteiger partial charge in [0.25, 0.3) is 5.56 Å². The monoisotopic (exact) mass is 576 g/mol. The molecule has 0 spiro atoms. The lowest BCUT2D eigenvalue weighted by atomic mass is 9.93. The van der Waals surface area contributed by atoms with Crippen LogP contribution in [0.4, 0.5) is 0 Å². The highest BCUT2D eigenvalue weighted by molar-refractivity contribution is 7.07. The zero-order valence-electron chi connectivity index (χ0n) is 22.6. The van der Waals surface area contributed by atoms with Gasteiger partial charge < -0.3 is 13.9 Å². The standard InChI is InChI=1S/C31H29ClN2O5S/c1-18(2)20-5-7-22(8-6-20)28-27(30(36)38-16-15-37-4)19(3)33-31-34(28)29(35)26(40-31)17-24-13-14-25(39-24)21-9-11-23(32)12-10-21/h5-14,17-18,28H,15-16H2,1-4H3. The highest BCUT2D eigenvalue weighted by atomic mass is 35.5. The highest BCUT2D eigenvalue weighted by Crippen LogP contribution is 2.31. The van der Waals surface area contributed by atoms with E-state index in [1.165, 1.54) is 11.3 Å². The van der Waals surface area contributed by atoms with Crippen LogP contribution in [-0.2, 0) is 14.3 Å². The molecule has 0 saturated heterocycles. The lowest BCUT2D eigenvalue weighted by molar-refractivity contribution is -0.140. The van der Waals surface area contributed by atoms with Gasteiger partial charge >= 0.3 is 5.97 Å². The number of aromatic nitrogens is 1. The number of hydrogen-bond acceptors (Lipinski definition) is 7. The summed E-state index contributed by atoms with van der Waals surface area (Å²) < 4.78 is 18.6. The number of carbonyl (C=O) groups is 1. The molecule has 1 atom stereocenters. The van der Waals surface area contributed by atoms with Crippen LogP contribution in [0.5, 0.6) is 0 Å². The van der Waals surface area contributed by atoms with Crippen LogP contribution in [0.1, 0.15) is 49.6 Å². The number of esters is 1. The summed E-state index contributed by atoms with van der Waals surface area (Å²) in [5.41, 5.74) is 3.42. The van der Waals surface area contributed by atoms with Crippen LogP contribution in [0.15, 0.2) is 86.1 Å². The second kappa shape index (κ2) is 11.8.